The second-order valence-corrected chi connectivity index (χ2v) is 7.64. The van der Waals surface area contributed by atoms with Crippen LogP contribution in [0.5, 0.6) is 5.75 Å². The minimum atomic E-state index is -1.00. The molecule has 146 valence electrons. The summed E-state index contributed by atoms with van der Waals surface area (Å²) in [7, 11) is 0. The normalized spacial score (nSPS) is 10.9. The van der Waals surface area contributed by atoms with Crippen molar-refractivity contribution in [3.8, 4) is 5.75 Å². The Labute approximate surface area is 173 Å². The number of aromatic nitrogens is 1. The zero-order chi connectivity index (χ0) is 20.2. The van der Waals surface area contributed by atoms with E-state index < -0.39 is 6.09 Å². The van der Waals surface area contributed by atoms with Gasteiger partial charge in [0.05, 0.1) is 5.52 Å². The number of rotatable bonds is 6. The molecule has 1 N–H and O–H groups in total. The van der Waals surface area contributed by atoms with Crippen molar-refractivity contribution in [2.45, 2.75) is 17.9 Å². The Morgan fingerprint density at radius 2 is 1.72 bits per heavy atom. The van der Waals surface area contributed by atoms with E-state index in [2.05, 4.69) is 24.3 Å². The first kappa shape index (κ1) is 19.2. The number of thioether (sulfide) groups is 1. The maximum absolute atomic E-state index is 11.8. The Morgan fingerprint density at radius 3 is 2.41 bits per heavy atom. The van der Waals surface area contributed by atoms with Crippen LogP contribution in [0.3, 0.4) is 0 Å². The largest absolute Gasteiger partial charge is 0.488 e. The van der Waals surface area contributed by atoms with Crippen molar-refractivity contribution in [3.05, 3.63) is 95.7 Å². The fourth-order valence-electron chi connectivity index (χ4n) is 3.44. The lowest BCUT2D eigenvalue weighted by atomic mass is 10.0. The van der Waals surface area contributed by atoms with Gasteiger partial charge in [-0.15, -0.1) is 11.8 Å². The minimum Gasteiger partial charge on any atom is -0.488 e. The summed E-state index contributed by atoms with van der Waals surface area (Å²) in [5.74, 6) is 0.696. The highest BCUT2D eigenvalue weighted by Gasteiger charge is 2.17. The highest BCUT2D eigenvalue weighted by Crippen LogP contribution is 2.33. The summed E-state index contributed by atoms with van der Waals surface area (Å²) in [6.07, 6.45) is 3.38. The molecule has 0 saturated heterocycles. The van der Waals surface area contributed by atoms with Crippen LogP contribution in [0.4, 0.5) is 4.79 Å². The molecule has 1 heterocycles. The molecule has 0 aliphatic carbocycles. The summed E-state index contributed by atoms with van der Waals surface area (Å²) < 4.78 is 7.38. The van der Waals surface area contributed by atoms with Gasteiger partial charge >= 0.3 is 6.09 Å². The summed E-state index contributed by atoms with van der Waals surface area (Å²) in [5, 5.41) is 10.5. The SMILES string of the molecule is CSc1ccc(Cc2cn(C(=O)O)c3cccc(OCc4ccccc4)c23)cc1. The Bertz CT molecular complexity index is 1130. The number of ether oxygens (including phenoxy) is 1. The summed E-state index contributed by atoms with van der Waals surface area (Å²) in [5.41, 5.74) is 3.77. The number of carboxylic acid groups (broad SMARTS) is 1. The molecule has 0 spiro atoms. The van der Waals surface area contributed by atoms with Crippen LogP contribution in [0.1, 0.15) is 16.7 Å². The molecule has 4 nitrogen and oxygen atoms in total. The van der Waals surface area contributed by atoms with Crippen LogP contribution in [-0.4, -0.2) is 22.0 Å². The van der Waals surface area contributed by atoms with E-state index in [-0.39, 0.29) is 0 Å². The Kier molecular flexibility index (Phi) is 5.58. The number of hydrogen-bond acceptors (Lipinski definition) is 3. The lowest BCUT2D eigenvalue weighted by Gasteiger charge is -2.10. The lowest BCUT2D eigenvalue weighted by Crippen LogP contribution is -2.05. The molecule has 0 atom stereocenters. The monoisotopic (exact) mass is 403 g/mol. The highest BCUT2D eigenvalue weighted by molar-refractivity contribution is 7.98. The molecule has 5 heteroatoms. The van der Waals surface area contributed by atoms with Crippen LogP contribution in [0.2, 0.25) is 0 Å². The second kappa shape index (κ2) is 8.45. The van der Waals surface area contributed by atoms with Crippen molar-refractivity contribution in [1.29, 1.82) is 0 Å². The standard InChI is InChI=1S/C24H21NO3S/c1-29-20-12-10-17(11-13-20)14-19-15-25(24(26)27)21-8-5-9-22(23(19)21)28-16-18-6-3-2-4-7-18/h2-13,15H,14,16H2,1H3,(H,26,27). The quantitative estimate of drug-likeness (QED) is 0.398. The van der Waals surface area contributed by atoms with Crippen LogP contribution >= 0.6 is 11.8 Å². The predicted octanol–water partition coefficient (Wildman–Crippen LogP) is 6.06. The van der Waals surface area contributed by atoms with E-state index in [0.29, 0.717) is 24.3 Å². The maximum Gasteiger partial charge on any atom is 0.416 e. The Morgan fingerprint density at radius 1 is 0.966 bits per heavy atom. The molecule has 0 bridgehead atoms. The maximum atomic E-state index is 11.8. The van der Waals surface area contributed by atoms with Gasteiger partial charge in [0.2, 0.25) is 0 Å². The second-order valence-electron chi connectivity index (χ2n) is 6.76. The highest BCUT2D eigenvalue weighted by atomic mass is 32.2. The predicted molar refractivity (Wildman–Crippen MR) is 117 cm³/mol. The van der Waals surface area contributed by atoms with Crippen molar-refractivity contribution in [2.75, 3.05) is 6.26 Å². The molecule has 0 unspecified atom stereocenters. The fourth-order valence-corrected chi connectivity index (χ4v) is 3.85. The van der Waals surface area contributed by atoms with Gasteiger partial charge in [-0.1, -0.05) is 48.5 Å². The summed E-state index contributed by atoms with van der Waals surface area (Å²) in [6.45, 7) is 0.431. The molecule has 4 rings (SSSR count). The van der Waals surface area contributed by atoms with E-state index in [1.54, 1.807) is 18.0 Å². The zero-order valence-electron chi connectivity index (χ0n) is 16.0. The molecule has 0 aliphatic heterocycles. The third kappa shape index (κ3) is 4.15. The molecule has 0 amide bonds. The third-order valence-electron chi connectivity index (χ3n) is 4.87. The van der Waals surface area contributed by atoms with E-state index in [0.717, 1.165) is 22.1 Å². The summed E-state index contributed by atoms with van der Waals surface area (Å²) >= 11 is 1.70. The van der Waals surface area contributed by atoms with E-state index in [9.17, 15) is 9.90 Å². The molecule has 1 aromatic heterocycles. The minimum absolute atomic E-state index is 0.431. The average molecular weight is 404 g/mol. The smallest absolute Gasteiger partial charge is 0.416 e. The van der Waals surface area contributed by atoms with Gasteiger partial charge in [0, 0.05) is 16.5 Å². The van der Waals surface area contributed by atoms with Crippen LogP contribution < -0.4 is 4.74 Å². The third-order valence-corrected chi connectivity index (χ3v) is 5.61. The van der Waals surface area contributed by atoms with Gasteiger partial charge in [0.15, 0.2) is 0 Å². The van der Waals surface area contributed by atoms with E-state index in [1.165, 1.54) is 9.46 Å². The van der Waals surface area contributed by atoms with Crippen LogP contribution in [0.25, 0.3) is 10.9 Å². The van der Waals surface area contributed by atoms with Crippen LogP contribution in [-0.2, 0) is 13.0 Å². The van der Waals surface area contributed by atoms with Gasteiger partial charge in [-0.2, -0.15) is 0 Å². The lowest BCUT2D eigenvalue weighted by molar-refractivity contribution is 0.197. The van der Waals surface area contributed by atoms with E-state index in [1.807, 2.05) is 54.8 Å². The number of hydrogen-bond donors (Lipinski definition) is 1. The van der Waals surface area contributed by atoms with Gasteiger partial charge in [-0.05, 0) is 53.6 Å². The van der Waals surface area contributed by atoms with Crippen molar-refractivity contribution in [1.82, 2.24) is 4.57 Å². The van der Waals surface area contributed by atoms with Crippen molar-refractivity contribution in [3.63, 3.8) is 0 Å². The zero-order valence-corrected chi connectivity index (χ0v) is 16.9. The van der Waals surface area contributed by atoms with Gasteiger partial charge in [0.25, 0.3) is 0 Å². The van der Waals surface area contributed by atoms with Gasteiger partial charge in [0.1, 0.15) is 12.4 Å². The van der Waals surface area contributed by atoms with Crippen LogP contribution in [0, 0.1) is 0 Å². The van der Waals surface area contributed by atoms with Crippen LogP contribution in [0.15, 0.2) is 83.9 Å². The first-order chi connectivity index (χ1) is 14.2. The molecule has 3 aromatic carbocycles. The molecule has 0 aliphatic rings. The van der Waals surface area contributed by atoms with Gasteiger partial charge in [-0.25, -0.2) is 4.79 Å². The van der Waals surface area contributed by atoms with Crippen molar-refractivity contribution < 1.29 is 14.6 Å². The summed E-state index contributed by atoms with van der Waals surface area (Å²) in [6, 6.07) is 23.8. The summed E-state index contributed by atoms with van der Waals surface area (Å²) in [4.78, 5) is 13.0. The van der Waals surface area contributed by atoms with E-state index >= 15 is 0 Å². The Hall–Kier alpha value is -3.18. The number of benzene rings is 3. The topological polar surface area (TPSA) is 51.5 Å². The molecular weight excluding hydrogens is 382 g/mol. The fraction of sp³-hybridized carbons (Fsp3) is 0.125. The van der Waals surface area contributed by atoms with Crippen molar-refractivity contribution in [2.24, 2.45) is 0 Å². The van der Waals surface area contributed by atoms with Gasteiger partial charge in [-0.3, -0.25) is 4.57 Å². The Balaban J connectivity index is 1.72. The average Bonchev–Trinajstić information content (AvgIpc) is 3.13. The first-order valence-corrected chi connectivity index (χ1v) is 10.5. The molecule has 0 saturated carbocycles. The molecule has 29 heavy (non-hydrogen) atoms. The molecule has 0 fully saturated rings. The van der Waals surface area contributed by atoms with Crippen molar-refractivity contribution >= 4 is 28.8 Å². The molecule has 0 radical (unpaired) electrons. The molecular formula is C24H21NO3S. The molecule has 4 aromatic rings. The van der Waals surface area contributed by atoms with E-state index in [4.69, 9.17) is 4.74 Å². The number of fused-ring (bicyclic) bond motifs is 1. The number of carbonyl (C=O) groups is 1. The first-order valence-electron chi connectivity index (χ1n) is 9.31. The number of nitrogens with zero attached hydrogens (tertiary/aromatic N) is 1. The van der Waals surface area contributed by atoms with Gasteiger partial charge < -0.3 is 9.84 Å².